The van der Waals surface area contributed by atoms with Gasteiger partial charge in [0.05, 0.1) is 4.92 Å². The number of fused-ring (bicyclic) bond motifs is 1. The van der Waals surface area contributed by atoms with Crippen LogP contribution in [0.4, 0.5) is 5.00 Å². The average molecular weight is 225 g/mol. The first-order valence-corrected chi connectivity index (χ1v) is 5.22. The molecule has 0 saturated carbocycles. The maximum absolute atomic E-state index is 10.7. The number of hydrogen-bond donors (Lipinski definition) is 1. The van der Waals surface area contributed by atoms with Crippen molar-refractivity contribution in [2.45, 2.75) is 11.8 Å². The van der Waals surface area contributed by atoms with E-state index in [0.29, 0.717) is 0 Å². The molecule has 0 atom stereocenters. The highest BCUT2D eigenvalue weighted by Gasteiger charge is 2.17. The third-order valence-corrected chi connectivity index (χ3v) is 3.56. The lowest BCUT2D eigenvalue weighted by atomic mass is 10.2. The Labute approximate surface area is 89.9 Å². The summed E-state index contributed by atoms with van der Waals surface area (Å²) in [4.78, 5) is 11.2. The summed E-state index contributed by atoms with van der Waals surface area (Å²) in [6.45, 7) is 1.77. The van der Waals surface area contributed by atoms with Crippen molar-refractivity contribution >= 4 is 39.1 Å². The van der Waals surface area contributed by atoms with E-state index in [2.05, 4.69) is 12.6 Å². The lowest BCUT2D eigenvalue weighted by molar-refractivity contribution is -0.380. The molecule has 3 nitrogen and oxygen atoms in total. The minimum absolute atomic E-state index is 0.221. The molecule has 0 aliphatic carbocycles. The highest BCUT2D eigenvalue weighted by molar-refractivity contribution is 7.80. The molecule has 14 heavy (non-hydrogen) atoms. The largest absolute Gasteiger partial charge is 0.328 e. The van der Waals surface area contributed by atoms with Crippen molar-refractivity contribution < 1.29 is 4.92 Å². The zero-order chi connectivity index (χ0) is 10.3. The predicted molar refractivity (Wildman–Crippen MR) is 60.5 cm³/mol. The van der Waals surface area contributed by atoms with Crippen LogP contribution in [0.5, 0.6) is 0 Å². The average Bonchev–Trinajstić information content (AvgIpc) is 2.44. The molecule has 0 N–H and O–H groups in total. The molecular weight excluding hydrogens is 218 g/mol. The van der Waals surface area contributed by atoms with E-state index in [1.165, 1.54) is 11.3 Å². The van der Waals surface area contributed by atoms with Crippen LogP contribution in [0.25, 0.3) is 10.1 Å². The molecule has 0 radical (unpaired) electrons. The van der Waals surface area contributed by atoms with E-state index in [0.717, 1.165) is 20.5 Å². The van der Waals surface area contributed by atoms with Crippen LogP contribution in [0.1, 0.15) is 5.56 Å². The van der Waals surface area contributed by atoms with E-state index >= 15 is 0 Å². The highest BCUT2D eigenvalue weighted by atomic mass is 32.1. The van der Waals surface area contributed by atoms with Crippen molar-refractivity contribution in [3.8, 4) is 0 Å². The van der Waals surface area contributed by atoms with Crippen LogP contribution < -0.4 is 0 Å². The number of aryl methyl sites for hydroxylation is 1. The van der Waals surface area contributed by atoms with Crippen LogP contribution in [0.3, 0.4) is 0 Å². The Morgan fingerprint density at radius 2 is 2.21 bits per heavy atom. The Kier molecular flexibility index (Phi) is 2.20. The van der Waals surface area contributed by atoms with E-state index in [9.17, 15) is 10.1 Å². The van der Waals surface area contributed by atoms with Gasteiger partial charge in [-0.1, -0.05) is 11.3 Å². The van der Waals surface area contributed by atoms with Gasteiger partial charge in [-0.3, -0.25) is 10.1 Å². The van der Waals surface area contributed by atoms with Gasteiger partial charge in [0.1, 0.15) is 0 Å². The number of nitro groups is 1. The van der Waals surface area contributed by atoms with Crippen LogP contribution in [0.15, 0.2) is 23.1 Å². The zero-order valence-electron chi connectivity index (χ0n) is 7.35. The summed E-state index contributed by atoms with van der Waals surface area (Å²) in [6, 6.07) is 5.56. The SMILES string of the molecule is Cc1c([N+](=O)[O-])sc2ccc(S)cc12. The first-order chi connectivity index (χ1) is 6.59. The Morgan fingerprint density at radius 3 is 2.86 bits per heavy atom. The molecule has 0 saturated heterocycles. The minimum Gasteiger partial charge on any atom is -0.258 e. The standard InChI is InChI=1S/C9H7NO2S2/c1-5-7-4-6(13)2-3-8(7)14-9(5)10(11)12/h2-4,13H,1H3. The second-order valence-corrected chi connectivity index (χ2v) is 4.52. The summed E-state index contributed by atoms with van der Waals surface area (Å²) in [7, 11) is 0. The molecule has 0 unspecified atom stereocenters. The van der Waals surface area contributed by atoms with Gasteiger partial charge in [-0.2, -0.15) is 0 Å². The molecule has 1 aromatic carbocycles. The molecular formula is C9H7NO2S2. The second-order valence-electron chi connectivity index (χ2n) is 2.97. The fourth-order valence-corrected chi connectivity index (χ4v) is 2.58. The number of thiol groups is 1. The van der Waals surface area contributed by atoms with Gasteiger partial charge in [0.15, 0.2) is 0 Å². The van der Waals surface area contributed by atoms with Crippen LogP contribution in [0, 0.1) is 17.0 Å². The van der Waals surface area contributed by atoms with Crippen molar-refractivity contribution in [3.05, 3.63) is 33.9 Å². The molecule has 0 amide bonds. The van der Waals surface area contributed by atoms with E-state index in [1.807, 2.05) is 18.2 Å². The Balaban J connectivity index is 2.80. The number of benzene rings is 1. The molecule has 0 bridgehead atoms. The van der Waals surface area contributed by atoms with Crippen molar-refractivity contribution in [2.24, 2.45) is 0 Å². The molecule has 5 heteroatoms. The number of rotatable bonds is 1. The molecule has 0 aliphatic heterocycles. The molecule has 1 heterocycles. The fraction of sp³-hybridized carbons (Fsp3) is 0.111. The van der Waals surface area contributed by atoms with E-state index < -0.39 is 0 Å². The minimum atomic E-state index is -0.335. The number of hydrogen-bond acceptors (Lipinski definition) is 4. The first-order valence-electron chi connectivity index (χ1n) is 3.96. The first kappa shape index (κ1) is 9.48. The van der Waals surface area contributed by atoms with Crippen LogP contribution in [0.2, 0.25) is 0 Å². The molecule has 2 rings (SSSR count). The summed E-state index contributed by atoms with van der Waals surface area (Å²) < 4.78 is 0.937. The lowest BCUT2D eigenvalue weighted by Crippen LogP contribution is -1.85. The van der Waals surface area contributed by atoms with Crippen molar-refractivity contribution in [3.63, 3.8) is 0 Å². The Morgan fingerprint density at radius 1 is 1.50 bits per heavy atom. The summed E-state index contributed by atoms with van der Waals surface area (Å²) in [6.07, 6.45) is 0. The van der Waals surface area contributed by atoms with Crippen molar-refractivity contribution in [1.82, 2.24) is 0 Å². The maximum atomic E-state index is 10.7. The van der Waals surface area contributed by atoms with Crippen LogP contribution in [-0.2, 0) is 0 Å². The number of thiophene rings is 1. The van der Waals surface area contributed by atoms with Gasteiger partial charge in [-0.15, -0.1) is 12.6 Å². The lowest BCUT2D eigenvalue weighted by Gasteiger charge is -1.91. The third kappa shape index (κ3) is 1.38. The smallest absolute Gasteiger partial charge is 0.258 e. The Bertz CT molecular complexity index is 519. The summed E-state index contributed by atoms with van der Waals surface area (Å²) in [5, 5.41) is 11.8. The number of nitrogens with zero attached hydrogens (tertiary/aromatic N) is 1. The van der Waals surface area contributed by atoms with Crippen LogP contribution >= 0.6 is 24.0 Å². The molecule has 0 aliphatic rings. The quantitative estimate of drug-likeness (QED) is 0.459. The van der Waals surface area contributed by atoms with Crippen molar-refractivity contribution in [2.75, 3.05) is 0 Å². The topological polar surface area (TPSA) is 43.1 Å². The van der Waals surface area contributed by atoms with Crippen molar-refractivity contribution in [1.29, 1.82) is 0 Å². The van der Waals surface area contributed by atoms with Gasteiger partial charge >= 0.3 is 5.00 Å². The van der Waals surface area contributed by atoms with E-state index in [1.54, 1.807) is 6.92 Å². The van der Waals surface area contributed by atoms with E-state index in [-0.39, 0.29) is 9.92 Å². The van der Waals surface area contributed by atoms with Gasteiger partial charge in [0.25, 0.3) is 0 Å². The van der Waals surface area contributed by atoms with Gasteiger partial charge < -0.3 is 0 Å². The second kappa shape index (κ2) is 3.25. The Hall–Kier alpha value is -1.07. The zero-order valence-corrected chi connectivity index (χ0v) is 9.06. The van der Waals surface area contributed by atoms with Gasteiger partial charge in [-0.05, 0) is 25.1 Å². The van der Waals surface area contributed by atoms with Gasteiger partial charge in [0.2, 0.25) is 0 Å². The molecule has 0 spiro atoms. The van der Waals surface area contributed by atoms with Gasteiger partial charge in [-0.25, -0.2) is 0 Å². The summed E-state index contributed by atoms with van der Waals surface area (Å²) in [5.74, 6) is 0. The summed E-state index contributed by atoms with van der Waals surface area (Å²) >= 11 is 5.41. The third-order valence-electron chi connectivity index (χ3n) is 2.06. The van der Waals surface area contributed by atoms with Crippen LogP contribution in [-0.4, -0.2) is 4.92 Å². The molecule has 72 valence electrons. The monoisotopic (exact) mass is 225 g/mol. The summed E-state index contributed by atoms with van der Waals surface area (Å²) in [5.41, 5.74) is 0.728. The molecule has 1 aromatic heterocycles. The fourth-order valence-electron chi connectivity index (χ4n) is 1.37. The van der Waals surface area contributed by atoms with E-state index in [4.69, 9.17) is 0 Å². The predicted octanol–water partition coefficient (Wildman–Crippen LogP) is 3.41. The molecule has 0 fully saturated rings. The normalized spacial score (nSPS) is 10.7. The van der Waals surface area contributed by atoms with Gasteiger partial charge in [0, 0.05) is 20.5 Å². The maximum Gasteiger partial charge on any atom is 0.328 e. The molecule has 2 aromatic rings. The highest BCUT2D eigenvalue weighted by Crippen LogP contribution is 2.37.